The lowest BCUT2D eigenvalue weighted by Gasteiger charge is -2.17. The highest BCUT2D eigenvalue weighted by Gasteiger charge is 2.21. The van der Waals surface area contributed by atoms with E-state index in [1.54, 1.807) is 43.4 Å². The van der Waals surface area contributed by atoms with Gasteiger partial charge in [-0.05, 0) is 49.5 Å². The number of likely N-dealkylation sites (N-methyl/N-ethyl adjacent to an activating group) is 1. The van der Waals surface area contributed by atoms with Crippen molar-refractivity contribution in [2.45, 2.75) is 13.8 Å². The lowest BCUT2D eigenvalue weighted by atomic mass is 10.1. The van der Waals surface area contributed by atoms with Crippen LogP contribution in [-0.4, -0.2) is 52.7 Å². The highest BCUT2D eigenvalue weighted by molar-refractivity contribution is 6.09. The number of hydrogen-bond donors (Lipinski definition) is 2. The predicted octanol–water partition coefficient (Wildman–Crippen LogP) is 3.42. The van der Waals surface area contributed by atoms with Gasteiger partial charge in [0.2, 0.25) is 0 Å². The fourth-order valence-corrected chi connectivity index (χ4v) is 3.46. The maximum atomic E-state index is 12.8. The van der Waals surface area contributed by atoms with E-state index in [0.717, 1.165) is 13.1 Å². The molecule has 2 aromatic carbocycles. The number of fused-ring (bicyclic) bond motifs is 1. The van der Waals surface area contributed by atoms with Gasteiger partial charge in [-0.1, -0.05) is 26.0 Å². The van der Waals surface area contributed by atoms with Crippen LogP contribution in [0.5, 0.6) is 5.75 Å². The number of carbonyl (C=O) groups is 2. The summed E-state index contributed by atoms with van der Waals surface area (Å²) in [6.45, 7) is 6.83. The van der Waals surface area contributed by atoms with E-state index in [4.69, 9.17) is 4.74 Å². The van der Waals surface area contributed by atoms with Gasteiger partial charge in [-0.25, -0.2) is 4.79 Å². The minimum atomic E-state index is -0.733. The Morgan fingerprint density at radius 1 is 1.06 bits per heavy atom. The number of pyridine rings is 1. The summed E-state index contributed by atoms with van der Waals surface area (Å²) >= 11 is 0. The molecule has 0 saturated heterocycles. The number of nitrogens with zero attached hydrogens (tertiary/aromatic N) is 2. The summed E-state index contributed by atoms with van der Waals surface area (Å²) in [5, 5.41) is 13.5. The summed E-state index contributed by atoms with van der Waals surface area (Å²) in [5.41, 5.74) is 0.310. The van der Waals surface area contributed by atoms with E-state index < -0.39 is 17.4 Å². The quantitative estimate of drug-likeness (QED) is 0.486. The molecular formula is C24H28ClN3O5. The van der Waals surface area contributed by atoms with E-state index in [1.807, 2.05) is 13.8 Å². The van der Waals surface area contributed by atoms with Crippen molar-refractivity contribution >= 4 is 40.9 Å². The molecule has 1 amide bonds. The zero-order valence-corrected chi connectivity index (χ0v) is 19.6. The molecule has 0 atom stereocenters. The van der Waals surface area contributed by atoms with Crippen LogP contribution in [0.3, 0.4) is 0 Å². The molecule has 3 rings (SSSR count). The molecule has 33 heavy (non-hydrogen) atoms. The Morgan fingerprint density at radius 3 is 2.33 bits per heavy atom. The normalized spacial score (nSPS) is 10.7. The highest BCUT2D eigenvalue weighted by Crippen LogP contribution is 2.26. The molecular weight excluding hydrogens is 446 g/mol. The average Bonchev–Trinajstić information content (AvgIpc) is 2.81. The first-order valence-corrected chi connectivity index (χ1v) is 10.5. The molecule has 0 fully saturated rings. The van der Waals surface area contributed by atoms with Crippen LogP contribution in [0, 0.1) is 0 Å². The summed E-state index contributed by atoms with van der Waals surface area (Å²) in [5.74, 6) is -1.55. The molecule has 0 radical (unpaired) electrons. The summed E-state index contributed by atoms with van der Waals surface area (Å²) in [4.78, 5) is 39.8. The van der Waals surface area contributed by atoms with Crippen LogP contribution in [0.2, 0.25) is 0 Å². The van der Waals surface area contributed by atoms with Gasteiger partial charge in [-0.3, -0.25) is 9.59 Å². The first kappa shape index (κ1) is 25.9. The molecule has 3 aromatic rings. The number of esters is 1. The smallest absolute Gasteiger partial charge is 0.338 e. The van der Waals surface area contributed by atoms with Crippen LogP contribution in [0.4, 0.5) is 5.69 Å². The van der Waals surface area contributed by atoms with Crippen LogP contribution < -0.4 is 10.9 Å². The van der Waals surface area contributed by atoms with E-state index in [9.17, 15) is 19.5 Å². The van der Waals surface area contributed by atoms with Crippen LogP contribution in [0.25, 0.3) is 10.9 Å². The number of para-hydroxylation sites is 1. The number of carbonyl (C=O) groups excluding carboxylic acids is 2. The number of halogens is 1. The average molecular weight is 474 g/mol. The molecule has 1 aromatic heterocycles. The second-order valence-electron chi connectivity index (χ2n) is 7.30. The van der Waals surface area contributed by atoms with Gasteiger partial charge >= 0.3 is 5.97 Å². The second-order valence-corrected chi connectivity index (χ2v) is 7.30. The molecule has 176 valence electrons. The first-order valence-electron chi connectivity index (χ1n) is 10.5. The molecule has 0 aliphatic carbocycles. The van der Waals surface area contributed by atoms with Crippen molar-refractivity contribution in [2.75, 3.05) is 31.6 Å². The Bertz CT molecular complexity index is 1190. The topological polar surface area (TPSA) is 101 Å². The van der Waals surface area contributed by atoms with Gasteiger partial charge in [-0.15, -0.1) is 12.4 Å². The minimum Gasteiger partial charge on any atom is -0.506 e. The predicted molar refractivity (Wildman–Crippen MR) is 131 cm³/mol. The lowest BCUT2D eigenvalue weighted by Crippen LogP contribution is -2.28. The van der Waals surface area contributed by atoms with Gasteiger partial charge in [-0.2, -0.15) is 0 Å². The zero-order chi connectivity index (χ0) is 23.3. The standard InChI is InChI=1S/C24H27N3O5.ClH/c1-4-27(5-2)14-15-32-24(31)16-10-12-17(13-11-16)25-22(29)20-21(28)18-8-6-7-9-19(18)26(3)23(20)30;/h6-13,28H,4-5,14-15H2,1-3H3,(H,25,29);1H. The monoisotopic (exact) mass is 473 g/mol. The Balaban J connectivity index is 0.00000385. The Morgan fingerprint density at radius 2 is 1.70 bits per heavy atom. The summed E-state index contributed by atoms with van der Waals surface area (Å²) in [6.07, 6.45) is 0. The number of amides is 1. The Kier molecular flexibility index (Phi) is 9.02. The van der Waals surface area contributed by atoms with Gasteiger partial charge in [0, 0.05) is 24.7 Å². The second kappa shape index (κ2) is 11.5. The van der Waals surface area contributed by atoms with Crippen molar-refractivity contribution in [3.8, 4) is 5.75 Å². The van der Waals surface area contributed by atoms with Crippen molar-refractivity contribution in [2.24, 2.45) is 7.05 Å². The van der Waals surface area contributed by atoms with Crippen LogP contribution in [0.15, 0.2) is 53.3 Å². The number of anilines is 1. The van der Waals surface area contributed by atoms with E-state index in [-0.39, 0.29) is 23.7 Å². The van der Waals surface area contributed by atoms with Crippen molar-refractivity contribution in [1.29, 1.82) is 0 Å². The SMILES string of the molecule is CCN(CC)CCOC(=O)c1ccc(NC(=O)c2c(O)c3ccccc3n(C)c2=O)cc1.Cl. The van der Waals surface area contributed by atoms with Crippen molar-refractivity contribution in [3.63, 3.8) is 0 Å². The molecule has 0 aliphatic rings. The maximum absolute atomic E-state index is 12.8. The molecule has 9 heteroatoms. The lowest BCUT2D eigenvalue weighted by molar-refractivity contribution is 0.0466. The third-order valence-corrected chi connectivity index (χ3v) is 5.42. The van der Waals surface area contributed by atoms with Gasteiger partial charge in [0.1, 0.15) is 17.9 Å². The molecule has 1 heterocycles. The third-order valence-electron chi connectivity index (χ3n) is 5.42. The molecule has 8 nitrogen and oxygen atoms in total. The number of aryl methyl sites for hydroxylation is 1. The van der Waals surface area contributed by atoms with Gasteiger partial charge in [0.05, 0.1) is 11.1 Å². The van der Waals surface area contributed by atoms with Crippen LogP contribution >= 0.6 is 12.4 Å². The number of aromatic hydroxyl groups is 1. The Hall–Kier alpha value is -3.36. The molecule has 0 unspecified atom stereocenters. The van der Waals surface area contributed by atoms with Gasteiger partial charge in [0.15, 0.2) is 0 Å². The van der Waals surface area contributed by atoms with E-state index >= 15 is 0 Å². The van der Waals surface area contributed by atoms with E-state index in [2.05, 4.69) is 10.2 Å². The van der Waals surface area contributed by atoms with Crippen molar-refractivity contribution in [3.05, 3.63) is 70.0 Å². The summed E-state index contributed by atoms with van der Waals surface area (Å²) in [6, 6.07) is 13.0. The third kappa shape index (κ3) is 5.71. The number of ether oxygens (including phenoxy) is 1. The van der Waals surface area contributed by atoms with Gasteiger partial charge < -0.3 is 24.6 Å². The molecule has 2 N–H and O–H groups in total. The maximum Gasteiger partial charge on any atom is 0.338 e. The van der Waals surface area contributed by atoms with E-state index in [0.29, 0.717) is 35.3 Å². The van der Waals surface area contributed by atoms with Crippen molar-refractivity contribution in [1.82, 2.24) is 9.47 Å². The zero-order valence-electron chi connectivity index (χ0n) is 18.8. The fraction of sp³-hybridized carbons (Fsp3) is 0.292. The molecule has 0 aliphatic heterocycles. The summed E-state index contributed by atoms with van der Waals surface area (Å²) < 4.78 is 6.61. The van der Waals surface area contributed by atoms with Gasteiger partial charge in [0.25, 0.3) is 11.5 Å². The molecule has 0 bridgehead atoms. The van der Waals surface area contributed by atoms with E-state index in [1.165, 1.54) is 16.7 Å². The van der Waals surface area contributed by atoms with Crippen LogP contribution in [0.1, 0.15) is 34.6 Å². The molecule has 0 spiro atoms. The number of nitrogens with one attached hydrogen (secondary N) is 1. The number of hydrogen-bond acceptors (Lipinski definition) is 6. The number of aromatic nitrogens is 1. The number of benzene rings is 2. The Labute approximate surface area is 198 Å². The fourth-order valence-electron chi connectivity index (χ4n) is 3.46. The minimum absolute atomic E-state index is 0. The first-order chi connectivity index (χ1) is 15.4. The number of rotatable bonds is 8. The van der Waals surface area contributed by atoms with Crippen LogP contribution in [-0.2, 0) is 11.8 Å². The highest BCUT2D eigenvalue weighted by atomic mass is 35.5. The largest absolute Gasteiger partial charge is 0.506 e. The molecule has 0 saturated carbocycles. The van der Waals surface area contributed by atoms with Crippen molar-refractivity contribution < 1.29 is 19.4 Å². The summed E-state index contributed by atoms with van der Waals surface area (Å²) in [7, 11) is 1.54.